The average molecular weight is 189 g/mol. The molecule has 0 bridgehead atoms. The van der Waals surface area contributed by atoms with Crippen molar-refractivity contribution in [1.29, 1.82) is 0 Å². The van der Waals surface area contributed by atoms with Crippen LogP contribution in [0.4, 0.5) is 5.82 Å². The van der Waals surface area contributed by atoms with Crippen molar-refractivity contribution in [2.24, 2.45) is 0 Å². The van der Waals surface area contributed by atoms with Crippen LogP contribution in [0.1, 0.15) is 17.4 Å². The number of aromatic carboxylic acids is 1. The molecule has 5 nitrogen and oxygen atoms in total. The summed E-state index contributed by atoms with van der Waals surface area (Å²) in [4.78, 5) is 17.8. The van der Waals surface area contributed by atoms with Gasteiger partial charge in [-0.05, 0) is 6.92 Å². The second-order valence-electron chi connectivity index (χ2n) is 2.07. The van der Waals surface area contributed by atoms with Gasteiger partial charge >= 0.3 is 29.6 Å². The fourth-order valence-electron chi connectivity index (χ4n) is 0.784. The Morgan fingerprint density at radius 1 is 1.54 bits per heavy atom. The van der Waals surface area contributed by atoms with Gasteiger partial charge in [0, 0.05) is 18.9 Å². The number of rotatable bonds is 3. The number of aromatic nitrogens is 2. The molecule has 0 fully saturated rings. The van der Waals surface area contributed by atoms with Crippen LogP contribution in [0.15, 0.2) is 12.4 Å². The molecule has 0 amide bonds. The van der Waals surface area contributed by atoms with Crippen molar-refractivity contribution in [1.82, 2.24) is 9.97 Å². The van der Waals surface area contributed by atoms with Crippen LogP contribution in [-0.2, 0) is 0 Å². The van der Waals surface area contributed by atoms with Gasteiger partial charge < -0.3 is 15.2 Å². The number of hydrogen-bond donors (Lipinski definition) is 1. The summed E-state index contributed by atoms with van der Waals surface area (Å²) < 4.78 is 0. The Hall–Kier alpha value is -0.650. The maximum absolute atomic E-state index is 10.4. The molecule has 0 atom stereocenters. The molecule has 1 rings (SSSR count). The molecule has 1 N–H and O–H groups in total. The monoisotopic (exact) mass is 189 g/mol. The van der Waals surface area contributed by atoms with E-state index in [9.17, 15) is 9.90 Å². The van der Waals surface area contributed by atoms with Crippen molar-refractivity contribution >= 4 is 11.8 Å². The molecule has 0 aliphatic carbocycles. The third-order valence-corrected chi connectivity index (χ3v) is 1.24. The van der Waals surface area contributed by atoms with Crippen molar-refractivity contribution in [2.75, 3.05) is 11.9 Å². The minimum Gasteiger partial charge on any atom is -0.543 e. The molecule has 64 valence electrons. The Morgan fingerprint density at radius 3 is 2.69 bits per heavy atom. The molecule has 0 aliphatic heterocycles. The standard InChI is InChI=1S/C7H9N3O2.Na/c1-2-8-6-5(7(11)12)9-3-4-10-6;/h3-4H,2H2,1H3,(H,8,10)(H,11,12);/q;+1/p-1. The minimum absolute atomic E-state index is 0. The van der Waals surface area contributed by atoms with Gasteiger partial charge in [-0.15, -0.1) is 0 Å². The Morgan fingerprint density at radius 2 is 2.15 bits per heavy atom. The summed E-state index contributed by atoms with van der Waals surface area (Å²) in [7, 11) is 0. The first-order chi connectivity index (χ1) is 5.75. The maximum Gasteiger partial charge on any atom is 1.00 e. The van der Waals surface area contributed by atoms with Crippen LogP contribution in [-0.4, -0.2) is 22.5 Å². The average Bonchev–Trinajstić information content (AvgIpc) is 2.05. The first-order valence-corrected chi connectivity index (χ1v) is 3.52. The van der Waals surface area contributed by atoms with Crippen molar-refractivity contribution in [3.63, 3.8) is 0 Å². The van der Waals surface area contributed by atoms with E-state index in [1.165, 1.54) is 12.4 Å². The van der Waals surface area contributed by atoms with Crippen molar-refractivity contribution in [3.8, 4) is 0 Å². The summed E-state index contributed by atoms with van der Waals surface area (Å²) >= 11 is 0. The number of carboxylic acid groups (broad SMARTS) is 1. The van der Waals surface area contributed by atoms with Crippen molar-refractivity contribution in [3.05, 3.63) is 18.1 Å². The molecule has 1 aromatic rings. The first kappa shape index (κ1) is 12.3. The van der Waals surface area contributed by atoms with Gasteiger partial charge in [-0.1, -0.05) is 0 Å². The zero-order valence-corrected chi connectivity index (χ0v) is 9.57. The van der Waals surface area contributed by atoms with Crippen LogP contribution in [0.5, 0.6) is 0 Å². The minimum atomic E-state index is -1.32. The number of hydrogen-bond acceptors (Lipinski definition) is 5. The SMILES string of the molecule is CCNc1nccnc1C(=O)[O-].[Na+]. The van der Waals surface area contributed by atoms with Crippen LogP contribution >= 0.6 is 0 Å². The van der Waals surface area contributed by atoms with Gasteiger partial charge in [-0.25, -0.2) is 9.97 Å². The third kappa shape index (κ3) is 3.30. The van der Waals surface area contributed by atoms with Gasteiger partial charge in [0.05, 0.1) is 5.97 Å². The smallest absolute Gasteiger partial charge is 0.543 e. The topological polar surface area (TPSA) is 77.9 Å². The van der Waals surface area contributed by atoms with Gasteiger partial charge in [0.15, 0.2) is 5.82 Å². The number of carboxylic acids is 1. The van der Waals surface area contributed by atoms with Crippen molar-refractivity contribution < 1.29 is 39.5 Å². The molecule has 1 aromatic heterocycles. The van der Waals surface area contributed by atoms with Crippen LogP contribution in [0, 0.1) is 0 Å². The molecule has 0 aliphatic rings. The fourth-order valence-corrected chi connectivity index (χ4v) is 0.784. The molecule has 1 heterocycles. The molecule has 13 heavy (non-hydrogen) atoms. The van der Waals surface area contributed by atoms with E-state index in [-0.39, 0.29) is 41.1 Å². The van der Waals surface area contributed by atoms with E-state index >= 15 is 0 Å². The van der Waals surface area contributed by atoms with E-state index in [4.69, 9.17) is 0 Å². The van der Waals surface area contributed by atoms with Gasteiger partial charge in [-0.3, -0.25) is 0 Å². The molecular weight excluding hydrogens is 181 g/mol. The molecule has 0 aromatic carbocycles. The Labute approximate surface area is 97.9 Å². The first-order valence-electron chi connectivity index (χ1n) is 3.52. The molecule has 0 spiro atoms. The zero-order valence-electron chi connectivity index (χ0n) is 7.57. The van der Waals surface area contributed by atoms with Gasteiger partial charge in [-0.2, -0.15) is 0 Å². The fraction of sp³-hybridized carbons (Fsp3) is 0.286. The third-order valence-electron chi connectivity index (χ3n) is 1.24. The second kappa shape index (κ2) is 5.90. The molecule has 0 saturated carbocycles. The molecule has 6 heteroatoms. The van der Waals surface area contributed by atoms with Crippen LogP contribution in [0.2, 0.25) is 0 Å². The van der Waals surface area contributed by atoms with Gasteiger partial charge in [0.2, 0.25) is 0 Å². The molecule has 0 unspecified atom stereocenters. The number of nitrogens with one attached hydrogen (secondary N) is 1. The summed E-state index contributed by atoms with van der Waals surface area (Å²) in [5, 5.41) is 13.2. The number of nitrogens with zero attached hydrogens (tertiary/aromatic N) is 2. The largest absolute Gasteiger partial charge is 1.00 e. The quantitative estimate of drug-likeness (QED) is 0.495. The number of anilines is 1. The summed E-state index contributed by atoms with van der Waals surface area (Å²) in [5.41, 5.74) is -0.153. The van der Waals surface area contributed by atoms with Crippen LogP contribution in [0.3, 0.4) is 0 Å². The van der Waals surface area contributed by atoms with E-state index in [1.807, 2.05) is 6.92 Å². The van der Waals surface area contributed by atoms with Crippen LogP contribution in [0.25, 0.3) is 0 Å². The Balaban J connectivity index is 0.00000144. The van der Waals surface area contributed by atoms with Crippen LogP contribution < -0.4 is 40.0 Å². The summed E-state index contributed by atoms with van der Waals surface area (Å²) in [6, 6.07) is 0. The summed E-state index contributed by atoms with van der Waals surface area (Å²) in [6.07, 6.45) is 2.73. The van der Waals surface area contributed by atoms with E-state index in [0.717, 1.165) is 0 Å². The van der Waals surface area contributed by atoms with E-state index in [1.54, 1.807) is 0 Å². The van der Waals surface area contributed by atoms with E-state index < -0.39 is 5.97 Å². The number of carbonyl (C=O) groups excluding carboxylic acids is 1. The normalized spacial score (nSPS) is 8.69. The summed E-state index contributed by atoms with van der Waals surface area (Å²) in [5.74, 6) is -1.07. The van der Waals surface area contributed by atoms with Gasteiger partial charge in [0.25, 0.3) is 0 Å². The predicted octanol–water partition coefficient (Wildman–Crippen LogP) is -3.72. The molecule has 0 saturated heterocycles. The Kier molecular flexibility index (Phi) is 5.61. The second-order valence-corrected chi connectivity index (χ2v) is 2.07. The number of carbonyl (C=O) groups is 1. The Bertz CT molecular complexity index is 293. The van der Waals surface area contributed by atoms with Crippen molar-refractivity contribution in [2.45, 2.75) is 6.92 Å². The zero-order chi connectivity index (χ0) is 8.97. The predicted molar refractivity (Wildman–Crippen MR) is 40.5 cm³/mol. The molecule has 0 radical (unpaired) electrons. The molecular formula is C7H8N3NaO2. The van der Waals surface area contributed by atoms with E-state index in [2.05, 4.69) is 15.3 Å². The van der Waals surface area contributed by atoms with Gasteiger partial charge in [0.1, 0.15) is 5.69 Å². The van der Waals surface area contributed by atoms with E-state index in [0.29, 0.717) is 6.54 Å². The maximum atomic E-state index is 10.4. The summed E-state index contributed by atoms with van der Waals surface area (Å²) in [6.45, 7) is 2.44.